The predicted molar refractivity (Wildman–Crippen MR) is 154 cm³/mol. The summed E-state index contributed by atoms with van der Waals surface area (Å²) < 4.78 is 0. The molecular weight excluding hydrogens is 502 g/mol. The maximum atomic E-state index is 12.7. The van der Waals surface area contributed by atoms with Crippen molar-refractivity contribution in [3.8, 4) is 33.8 Å². The molecule has 0 atom stereocenters. The molecule has 0 spiro atoms. The number of piperidine rings is 1. The Balaban J connectivity index is 1.19. The van der Waals surface area contributed by atoms with E-state index in [1.807, 2.05) is 36.5 Å². The molecule has 40 heavy (non-hydrogen) atoms. The lowest BCUT2D eigenvalue weighted by molar-refractivity contribution is -0.117. The van der Waals surface area contributed by atoms with Crippen LogP contribution in [0.1, 0.15) is 19.3 Å². The van der Waals surface area contributed by atoms with Crippen LogP contribution in [0.5, 0.6) is 0 Å². The maximum absolute atomic E-state index is 12.7. The number of carbonyl (C=O) groups is 1. The first-order valence-electron chi connectivity index (χ1n) is 13.4. The highest BCUT2D eigenvalue weighted by atomic mass is 16.1. The number of fused-ring (bicyclic) bond motifs is 2. The van der Waals surface area contributed by atoms with Gasteiger partial charge in [0.1, 0.15) is 5.69 Å². The first-order valence-corrected chi connectivity index (χ1v) is 13.4. The maximum Gasteiger partial charge on any atom is 0.224 e. The van der Waals surface area contributed by atoms with Gasteiger partial charge >= 0.3 is 0 Å². The van der Waals surface area contributed by atoms with E-state index in [9.17, 15) is 4.79 Å². The number of rotatable bonds is 6. The second-order valence-electron chi connectivity index (χ2n) is 10.1. The SMILES string of the molecule is O=C(CC1CCNCC1)Nc1cncc(-c2cnc3[nH]nc(-c4cc5c(-c6cccnc6)nccc5[nH]4)c3c2)c1. The highest BCUT2D eigenvalue weighted by Crippen LogP contribution is 2.34. The highest BCUT2D eigenvalue weighted by molar-refractivity contribution is 6.00. The number of amides is 1. The average Bonchev–Trinajstić information content (AvgIpc) is 3.62. The highest BCUT2D eigenvalue weighted by Gasteiger charge is 2.18. The van der Waals surface area contributed by atoms with Gasteiger partial charge in [-0.15, -0.1) is 0 Å². The summed E-state index contributed by atoms with van der Waals surface area (Å²) in [5, 5.41) is 15.9. The number of carbonyl (C=O) groups excluding carboxylic acids is 1. The van der Waals surface area contributed by atoms with Crippen LogP contribution in [-0.2, 0) is 4.79 Å². The fraction of sp³-hybridized carbons (Fsp3) is 0.200. The van der Waals surface area contributed by atoms with Crippen LogP contribution < -0.4 is 10.6 Å². The van der Waals surface area contributed by atoms with E-state index in [0.29, 0.717) is 23.7 Å². The quantitative estimate of drug-likeness (QED) is 0.239. The van der Waals surface area contributed by atoms with Crippen molar-refractivity contribution in [2.24, 2.45) is 5.92 Å². The molecule has 0 aromatic carbocycles. The Hall–Kier alpha value is -4.96. The molecule has 0 radical (unpaired) electrons. The smallest absolute Gasteiger partial charge is 0.224 e. The van der Waals surface area contributed by atoms with E-state index in [2.05, 4.69) is 51.8 Å². The van der Waals surface area contributed by atoms with E-state index >= 15 is 0 Å². The van der Waals surface area contributed by atoms with Gasteiger partial charge in [0.25, 0.3) is 0 Å². The van der Waals surface area contributed by atoms with Crippen molar-refractivity contribution in [1.82, 2.24) is 40.4 Å². The predicted octanol–water partition coefficient (Wildman–Crippen LogP) is 4.95. The molecule has 6 aromatic heterocycles. The zero-order chi connectivity index (χ0) is 26.9. The summed E-state index contributed by atoms with van der Waals surface area (Å²) in [6.07, 6.45) is 13.2. The second kappa shape index (κ2) is 10.3. The van der Waals surface area contributed by atoms with Crippen LogP contribution in [0.25, 0.3) is 55.7 Å². The molecule has 1 amide bonds. The molecular formula is C30H27N9O. The molecule has 1 aliphatic heterocycles. The fourth-order valence-electron chi connectivity index (χ4n) is 5.41. The summed E-state index contributed by atoms with van der Waals surface area (Å²) in [7, 11) is 0. The number of aromatic nitrogens is 7. The van der Waals surface area contributed by atoms with Crippen LogP contribution in [0.4, 0.5) is 5.69 Å². The molecule has 0 unspecified atom stereocenters. The molecule has 4 N–H and O–H groups in total. The van der Waals surface area contributed by atoms with E-state index < -0.39 is 0 Å². The summed E-state index contributed by atoms with van der Waals surface area (Å²) in [4.78, 5) is 34.0. The van der Waals surface area contributed by atoms with E-state index in [-0.39, 0.29) is 5.91 Å². The van der Waals surface area contributed by atoms with Crippen molar-refractivity contribution in [3.05, 3.63) is 73.6 Å². The number of pyridine rings is 4. The van der Waals surface area contributed by atoms with E-state index in [1.165, 1.54) is 0 Å². The summed E-state index contributed by atoms with van der Waals surface area (Å²) in [6.45, 7) is 1.95. The average molecular weight is 530 g/mol. The number of hydrogen-bond donors (Lipinski definition) is 4. The normalized spacial score (nSPS) is 14.1. The summed E-state index contributed by atoms with van der Waals surface area (Å²) in [5.41, 5.74) is 7.49. The van der Waals surface area contributed by atoms with Crippen molar-refractivity contribution >= 4 is 33.5 Å². The third-order valence-electron chi connectivity index (χ3n) is 7.44. The molecule has 6 aromatic rings. The summed E-state index contributed by atoms with van der Waals surface area (Å²) in [6, 6.07) is 11.9. The van der Waals surface area contributed by atoms with Gasteiger partial charge in [-0.25, -0.2) is 4.98 Å². The minimum absolute atomic E-state index is 0.0236. The Bertz CT molecular complexity index is 1820. The first kappa shape index (κ1) is 24.1. The van der Waals surface area contributed by atoms with Gasteiger partial charge in [0.05, 0.1) is 23.3 Å². The minimum Gasteiger partial charge on any atom is -0.353 e. The van der Waals surface area contributed by atoms with Gasteiger partial charge < -0.3 is 15.6 Å². The van der Waals surface area contributed by atoms with Crippen molar-refractivity contribution in [2.75, 3.05) is 18.4 Å². The van der Waals surface area contributed by atoms with Crippen molar-refractivity contribution < 1.29 is 4.79 Å². The van der Waals surface area contributed by atoms with Crippen LogP contribution >= 0.6 is 0 Å². The molecule has 0 bridgehead atoms. The van der Waals surface area contributed by atoms with Crippen LogP contribution in [0.15, 0.2) is 73.6 Å². The van der Waals surface area contributed by atoms with E-state index in [0.717, 1.165) is 76.0 Å². The molecule has 7 heterocycles. The minimum atomic E-state index is 0.0236. The van der Waals surface area contributed by atoms with Crippen molar-refractivity contribution in [2.45, 2.75) is 19.3 Å². The largest absolute Gasteiger partial charge is 0.353 e. The third-order valence-corrected chi connectivity index (χ3v) is 7.44. The molecule has 7 rings (SSSR count). The third kappa shape index (κ3) is 4.69. The molecule has 1 saturated heterocycles. The van der Waals surface area contributed by atoms with Gasteiger partial charge in [0, 0.05) is 70.4 Å². The lowest BCUT2D eigenvalue weighted by Gasteiger charge is -2.21. The number of hydrogen-bond acceptors (Lipinski definition) is 7. The van der Waals surface area contributed by atoms with Gasteiger partial charge in [0.15, 0.2) is 5.65 Å². The van der Waals surface area contributed by atoms with Crippen LogP contribution in [0.2, 0.25) is 0 Å². The van der Waals surface area contributed by atoms with Gasteiger partial charge in [-0.1, -0.05) is 0 Å². The zero-order valence-corrected chi connectivity index (χ0v) is 21.7. The van der Waals surface area contributed by atoms with Crippen LogP contribution in [0, 0.1) is 5.92 Å². The number of aromatic amines is 2. The Morgan fingerprint density at radius 2 is 1.75 bits per heavy atom. The Kier molecular flexibility index (Phi) is 6.21. The monoisotopic (exact) mass is 529 g/mol. The molecule has 1 aliphatic rings. The Morgan fingerprint density at radius 1 is 0.875 bits per heavy atom. The summed E-state index contributed by atoms with van der Waals surface area (Å²) in [5.74, 6) is 0.444. The standard InChI is InChI=1S/C30H27N9O/c40-27(10-18-3-7-31-8-4-18)36-22-11-20(15-33-17-22)21-12-24-29(38-39-30(24)35-16-21)26-13-23-25(37-26)5-9-34-28(23)19-2-1-6-32-14-19/h1-2,5-6,9,11-18,31,37H,3-4,7-8,10H2,(H,36,40)(H,35,38,39). The van der Waals surface area contributed by atoms with Gasteiger partial charge in [-0.3, -0.25) is 24.8 Å². The molecule has 10 nitrogen and oxygen atoms in total. The number of H-pyrrole nitrogens is 2. The Morgan fingerprint density at radius 3 is 2.62 bits per heavy atom. The molecule has 10 heteroatoms. The van der Waals surface area contributed by atoms with Gasteiger partial charge in [0.2, 0.25) is 5.91 Å². The van der Waals surface area contributed by atoms with E-state index in [1.54, 1.807) is 31.0 Å². The molecule has 198 valence electrons. The van der Waals surface area contributed by atoms with Gasteiger partial charge in [-0.2, -0.15) is 5.10 Å². The molecule has 0 aliphatic carbocycles. The lowest BCUT2D eigenvalue weighted by Crippen LogP contribution is -2.30. The van der Waals surface area contributed by atoms with Gasteiger partial charge in [-0.05, 0) is 68.2 Å². The summed E-state index contributed by atoms with van der Waals surface area (Å²) >= 11 is 0. The van der Waals surface area contributed by atoms with Crippen LogP contribution in [0.3, 0.4) is 0 Å². The van der Waals surface area contributed by atoms with Crippen molar-refractivity contribution in [1.29, 1.82) is 0 Å². The molecule has 0 saturated carbocycles. The lowest BCUT2D eigenvalue weighted by atomic mass is 9.94. The number of nitrogens with zero attached hydrogens (tertiary/aromatic N) is 5. The fourth-order valence-corrected chi connectivity index (χ4v) is 5.41. The Labute approximate surface area is 229 Å². The molecule has 1 fully saturated rings. The zero-order valence-electron chi connectivity index (χ0n) is 21.7. The number of nitrogens with one attached hydrogen (secondary N) is 4. The van der Waals surface area contributed by atoms with Crippen molar-refractivity contribution in [3.63, 3.8) is 0 Å². The topological polar surface area (TPSA) is 137 Å². The first-order chi connectivity index (χ1) is 19.7. The van der Waals surface area contributed by atoms with Crippen LogP contribution in [-0.4, -0.2) is 54.1 Å². The van der Waals surface area contributed by atoms with E-state index in [4.69, 9.17) is 0 Å². The second-order valence-corrected chi connectivity index (χ2v) is 10.1. The number of anilines is 1.